The van der Waals surface area contributed by atoms with E-state index in [-0.39, 0.29) is 30.1 Å². The summed E-state index contributed by atoms with van der Waals surface area (Å²) in [6.45, 7) is 1.22. The Balaban J connectivity index is 1.54. The van der Waals surface area contributed by atoms with Crippen LogP contribution in [0.3, 0.4) is 0 Å². The van der Waals surface area contributed by atoms with Gasteiger partial charge in [-0.15, -0.1) is 5.10 Å². The zero-order valence-electron chi connectivity index (χ0n) is 20.4. The van der Waals surface area contributed by atoms with Crippen LogP contribution in [-0.4, -0.2) is 69.0 Å². The molecule has 1 aromatic carbocycles. The molecular formula is C26H25FN6O4. The lowest BCUT2D eigenvalue weighted by Crippen LogP contribution is -2.36. The first kappa shape index (κ1) is 24.2. The zero-order chi connectivity index (χ0) is 25.9. The van der Waals surface area contributed by atoms with Gasteiger partial charge in [0.1, 0.15) is 11.4 Å². The number of H-pyrrole nitrogens is 1. The van der Waals surface area contributed by atoms with E-state index in [1.807, 2.05) is 6.08 Å². The van der Waals surface area contributed by atoms with E-state index in [4.69, 9.17) is 9.47 Å². The van der Waals surface area contributed by atoms with Crippen LogP contribution in [0.5, 0.6) is 5.75 Å². The highest BCUT2D eigenvalue weighted by atomic mass is 19.1. The molecular weight excluding hydrogens is 479 g/mol. The number of hydrogen-bond donors (Lipinski definition) is 1. The van der Waals surface area contributed by atoms with Crippen LogP contribution in [0.15, 0.2) is 49.1 Å². The number of rotatable bonds is 7. The Kier molecular flexibility index (Phi) is 6.67. The summed E-state index contributed by atoms with van der Waals surface area (Å²) >= 11 is 0. The van der Waals surface area contributed by atoms with E-state index >= 15 is 4.39 Å². The summed E-state index contributed by atoms with van der Waals surface area (Å²) in [5, 5.41) is 8.15. The Morgan fingerprint density at radius 3 is 2.78 bits per heavy atom. The van der Waals surface area contributed by atoms with Crippen LogP contribution < -0.4 is 4.74 Å². The van der Waals surface area contributed by atoms with Crippen LogP contribution in [0.25, 0.3) is 27.6 Å². The van der Waals surface area contributed by atoms with Gasteiger partial charge in [0.2, 0.25) is 5.91 Å². The Bertz CT molecular complexity index is 1490. The molecule has 1 aliphatic heterocycles. The second-order valence-electron chi connectivity index (χ2n) is 8.57. The third-order valence-corrected chi connectivity index (χ3v) is 6.43. The number of carbonyl (C=O) groups is 2. The topological polar surface area (TPSA) is 115 Å². The molecule has 5 rings (SSSR count). The summed E-state index contributed by atoms with van der Waals surface area (Å²) < 4.78 is 27.9. The van der Waals surface area contributed by atoms with E-state index in [0.29, 0.717) is 52.9 Å². The summed E-state index contributed by atoms with van der Waals surface area (Å²) in [6.07, 6.45) is 9.26. The van der Waals surface area contributed by atoms with Crippen molar-refractivity contribution in [2.24, 2.45) is 0 Å². The number of fused-ring (bicyclic) bond motifs is 1. The van der Waals surface area contributed by atoms with Gasteiger partial charge >= 0.3 is 5.97 Å². The molecule has 0 atom stereocenters. The van der Waals surface area contributed by atoms with Gasteiger partial charge in [-0.05, 0) is 35.8 Å². The van der Waals surface area contributed by atoms with E-state index in [0.717, 1.165) is 0 Å². The monoisotopic (exact) mass is 504 g/mol. The number of methoxy groups -OCH3 is 2. The van der Waals surface area contributed by atoms with Crippen LogP contribution in [-0.2, 0) is 16.1 Å². The predicted molar refractivity (Wildman–Crippen MR) is 133 cm³/mol. The number of amides is 1. The lowest BCUT2D eigenvalue weighted by Gasteiger charge is -2.28. The molecule has 37 heavy (non-hydrogen) atoms. The van der Waals surface area contributed by atoms with E-state index in [1.165, 1.54) is 14.2 Å². The third kappa shape index (κ3) is 4.67. The minimum atomic E-state index is -0.606. The quantitative estimate of drug-likeness (QED) is 0.383. The summed E-state index contributed by atoms with van der Waals surface area (Å²) in [6, 6.07) is 5.08. The standard InChI is InChI=1S/C26H25FN6O4/c1-36-22-14-28-7-5-17(22)19-12-18(24(27)25-20(19)13-21(30-25)26(35)37-2)16-4-3-9-32(15-16)23(34)6-10-33-11-8-29-31-33/h4-5,7-8,11-14,30H,3,6,9-10,15H2,1-2H3. The summed E-state index contributed by atoms with van der Waals surface area (Å²) in [4.78, 5) is 33.9. The summed E-state index contributed by atoms with van der Waals surface area (Å²) in [5.41, 5.74) is 2.67. The average molecular weight is 505 g/mol. The Labute approximate surface area is 211 Å². The van der Waals surface area contributed by atoms with Crippen molar-refractivity contribution in [1.29, 1.82) is 0 Å². The van der Waals surface area contributed by atoms with E-state index in [1.54, 1.807) is 52.6 Å². The molecule has 11 heteroatoms. The van der Waals surface area contributed by atoms with Crippen molar-refractivity contribution in [1.82, 2.24) is 29.9 Å². The Morgan fingerprint density at radius 1 is 1.16 bits per heavy atom. The van der Waals surface area contributed by atoms with Crippen LogP contribution in [0.1, 0.15) is 28.9 Å². The lowest BCUT2D eigenvalue weighted by molar-refractivity contribution is -0.131. The molecule has 0 aliphatic carbocycles. The first-order chi connectivity index (χ1) is 18.0. The summed E-state index contributed by atoms with van der Waals surface area (Å²) in [7, 11) is 2.80. The first-order valence-electron chi connectivity index (χ1n) is 11.7. The molecule has 0 fully saturated rings. The molecule has 1 aliphatic rings. The van der Waals surface area contributed by atoms with Gasteiger partial charge in [0, 0.05) is 48.4 Å². The number of ether oxygens (including phenoxy) is 2. The zero-order valence-corrected chi connectivity index (χ0v) is 20.4. The molecule has 4 aromatic rings. The number of benzene rings is 1. The largest absolute Gasteiger partial charge is 0.494 e. The SMILES string of the molecule is COC(=O)c1cc2c(-c3ccncc3OC)cc(C3=CCCN(C(=O)CCn4ccnn4)C3)c(F)c2[nH]1. The maximum absolute atomic E-state index is 16.0. The molecule has 0 saturated carbocycles. The Hall–Kier alpha value is -4.54. The van der Waals surface area contributed by atoms with E-state index in [9.17, 15) is 9.59 Å². The van der Waals surface area contributed by atoms with Crippen molar-refractivity contribution in [2.45, 2.75) is 19.4 Å². The molecule has 3 aromatic heterocycles. The number of pyridine rings is 1. The normalized spacial score (nSPS) is 13.5. The number of esters is 1. The number of carbonyl (C=O) groups excluding carboxylic acids is 2. The second-order valence-corrected chi connectivity index (χ2v) is 8.57. The maximum atomic E-state index is 16.0. The number of aryl methyl sites for hydroxylation is 1. The molecule has 0 radical (unpaired) electrons. The highest BCUT2D eigenvalue weighted by Crippen LogP contribution is 2.39. The highest BCUT2D eigenvalue weighted by Gasteiger charge is 2.25. The molecule has 0 saturated heterocycles. The van der Waals surface area contributed by atoms with Crippen molar-refractivity contribution < 1.29 is 23.5 Å². The van der Waals surface area contributed by atoms with Gasteiger partial charge in [-0.1, -0.05) is 11.3 Å². The smallest absolute Gasteiger partial charge is 0.354 e. The molecule has 0 unspecified atom stereocenters. The number of halogens is 1. The van der Waals surface area contributed by atoms with Gasteiger partial charge in [-0.25, -0.2) is 9.18 Å². The van der Waals surface area contributed by atoms with Crippen molar-refractivity contribution in [3.8, 4) is 16.9 Å². The van der Waals surface area contributed by atoms with Gasteiger partial charge in [-0.2, -0.15) is 0 Å². The third-order valence-electron chi connectivity index (χ3n) is 6.43. The second kappa shape index (κ2) is 10.2. The van der Waals surface area contributed by atoms with Crippen LogP contribution in [0, 0.1) is 5.82 Å². The number of nitrogens with zero attached hydrogens (tertiary/aromatic N) is 5. The van der Waals surface area contributed by atoms with Crippen LogP contribution >= 0.6 is 0 Å². The molecule has 10 nitrogen and oxygen atoms in total. The highest BCUT2D eigenvalue weighted by molar-refractivity contribution is 6.04. The van der Waals surface area contributed by atoms with Gasteiger partial charge < -0.3 is 19.4 Å². The van der Waals surface area contributed by atoms with Gasteiger partial charge in [-0.3, -0.25) is 14.5 Å². The van der Waals surface area contributed by atoms with Crippen molar-refractivity contribution in [3.63, 3.8) is 0 Å². The fourth-order valence-electron chi connectivity index (χ4n) is 4.57. The molecule has 0 spiro atoms. The lowest BCUT2D eigenvalue weighted by atomic mass is 9.93. The predicted octanol–water partition coefficient (Wildman–Crippen LogP) is 3.46. The van der Waals surface area contributed by atoms with Crippen molar-refractivity contribution >= 4 is 28.4 Å². The molecule has 1 N–H and O–H groups in total. The summed E-state index contributed by atoms with van der Waals surface area (Å²) in [5.74, 6) is -0.660. The average Bonchev–Trinajstić information content (AvgIpc) is 3.62. The Morgan fingerprint density at radius 2 is 2.03 bits per heavy atom. The van der Waals surface area contributed by atoms with Crippen molar-refractivity contribution in [2.75, 3.05) is 27.3 Å². The van der Waals surface area contributed by atoms with Gasteiger partial charge in [0.25, 0.3) is 0 Å². The van der Waals surface area contributed by atoms with Crippen molar-refractivity contribution in [3.05, 3.63) is 66.1 Å². The number of hydrogen-bond acceptors (Lipinski definition) is 7. The van der Waals surface area contributed by atoms with Crippen LogP contribution in [0.4, 0.5) is 4.39 Å². The number of aromatic nitrogens is 5. The number of nitrogens with one attached hydrogen (secondary N) is 1. The molecule has 190 valence electrons. The van der Waals surface area contributed by atoms with Gasteiger partial charge in [0.15, 0.2) is 5.82 Å². The molecule has 4 heterocycles. The molecule has 1 amide bonds. The van der Waals surface area contributed by atoms with Crippen LogP contribution in [0.2, 0.25) is 0 Å². The number of aromatic amines is 1. The van der Waals surface area contributed by atoms with E-state index in [2.05, 4.69) is 20.3 Å². The maximum Gasteiger partial charge on any atom is 0.354 e. The first-order valence-corrected chi connectivity index (χ1v) is 11.7. The van der Waals surface area contributed by atoms with E-state index < -0.39 is 11.8 Å². The molecule has 0 bridgehead atoms. The minimum Gasteiger partial charge on any atom is -0.494 e. The van der Waals surface area contributed by atoms with Gasteiger partial charge in [0.05, 0.1) is 38.7 Å². The minimum absolute atomic E-state index is 0.0496. The fraction of sp³-hybridized carbons (Fsp3) is 0.269. The fourth-order valence-corrected chi connectivity index (χ4v) is 4.57.